The number of nitrogens with zero attached hydrogens (tertiary/aromatic N) is 2. The lowest BCUT2D eigenvalue weighted by Gasteiger charge is -2.35. The topological polar surface area (TPSA) is 69.7 Å². The van der Waals surface area contributed by atoms with Crippen molar-refractivity contribution in [1.29, 1.82) is 0 Å². The fourth-order valence-electron chi connectivity index (χ4n) is 4.17. The van der Waals surface area contributed by atoms with E-state index in [2.05, 4.69) is 5.32 Å². The van der Waals surface area contributed by atoms with E-state index >= 15 is 0 Å². The first-order valence-electron chi connectivity index (χ1n) is 10.6. The highest BCUT2D eigenvalue weighted by Gasteiger charge is 2.31. The second-order valence-corrected chi connectivity index (χ2v) is 8.29. The normalized spacial score (nSPS) is 20.7. The highest BCUT2D eigenvalue weighted by Crippen LogP contribution is 2.30. The molecule has 0 atom stereocenters. The molecule has 6 nitrogen and oxygen atoms in total. The molecule has 6 heteroatoms. The van der Waals surface area contributed by atoms with Crippen LogP contribution in [0.3, 0.4) is 0 Å². The molecule has 150 valence electrons. The minimum atomic E-state index is 0.00365. The number of amides is 3. The molecular formula is C22H29N3O3. The molecule has 0 unspecified atom stereocenters. The van der Waals surface area contributed by atoms with Gasteiger partial charge in [0.2, 0.25) is 11.8 Å². The first-order valence-corrected chi connectivity index (χ1v) is 10.6. The van der Waals surface area contributed by atoms with Crippen molar-refractivity contribution >= 4 is 23.4 Å². The summed E-state index contributed by atoms with van der Waals surface area (Å²) in [5, 5.41) is 2.89. The van der Waals surface area contributed by atoms with Crippen LogP contribution in [0.2, 0.25) is 0 Å². The summed E-state index contributed by atoms with van der Waals surface area (Å²) < 4.78 is 0. The van der Waals surface area contributed by atoms with Crippen LogP contribution in [0.4, 0.5) is 5.69 Å². The van der Waals surface area contributed by atoms with Crippen LogP contribution in [0.25, 0.3) is 0 Å². The average molecular weight is 383 g/mol. The zero-order valence-electron chi connectivity index (χ0n) is 16.4. The van der Waals surface area contributed by atoms with Gasteiger partial charge in [-0.3, -0.25) is 14.4 Å². The van der Waals surface area contributed by atoms with E-state index in [-0.39, 0.29) is 29.6 Å². The maximum absolute atomic E-state index is 12.8. The Bertz CT molecular complexity index is 728. The summed E-state index contributed by atoms with van der Waals surface area (Å²) in [7, 11) is 0. The molecule has 0 radical (unpaired) electrons. The summed E-state index contributed by atoms with van der Waals surface area (Å²) in [6, 6.07) is 7.13. The molecule has 1 N–H and O–H groups in total. The van der Waals surface area contributed by atoms with Crippen LogP contribution in [0.15, 0.2) is 24.3 Å². The van der Waals surface area contributed by atoms with E-state index < -0.39 is 0 Å². The molecule has 1 aliphatic carbocycles. The molecule has 3 fully saturated rings. The van der Waals surface area contributed by atoms with Crippen molar-refractivity contribution in [3.05, 3.63) is 29.8 Å². The molecule has 2 saturated heterocycles. The molecule has 3 aliphatic rings. The van der Waals surface area contributed by atoms with Gasteiger partial charge in [-0.05, 0) is 69.2 Å². The molecule has 0 bridgehead atoms. The maximum atomic E-state index is 12.8. The van der Waals surface area contributed by atoms with Gasteiger partial charge in [-0.2, -0.15) is 0 Å². The van der Waals surface area contributed by atoms with E-state index in [1.807, 2.05) is 9.80 Å². The van der Waals surface area contributed by atoms with E-state index in [1.54, 1.807) is 24.3 Å². The lowest BCUT2D eigenvalue weighted by Crippen LogP contribution is -2.45. The molecule has 2 aliphatic heterocycles. The number of nitrogens with one attached hydrogen (secondary N) is 1. The summed E-state index contributed by atoms with van der Waals surface area (Å²) in [6.07, 6.45) is 6.88. The lowest BCUT2D eigenvalue weighted by atomic mass is 9.94. The van der Waals surface area contributed by atoms with Gasteiger partial charge in [-0.1, -0.05) is 0 Å². The number of rotatable bonds is 4. The summed E-state index contributed by atoms with van der Waals surface area (Å²) in [4.78, 5) is 41.1. The van der Waals surface area contributed by atoms with Crippen molar-refractivity contribution in [3.63, 3.8) is 0 Å². The van der Waals surface area contributed by atoms with E-state index in [0.29, 0.717) is 18.7 Å². The Morgan fingerprint density at radius 2 is 1.39 bits per heavy atom. The third-order valence-corrected chi connectivity index (χ3v) is 6.15. The molecule has 0 aromatic heterocycles. The first-order chi connectivity index (χ1) is 13.6. The Hall–Kier alpha value is -2.37. The van der Waals surface area contributed by atoms with Crippen molar-refractivity contribution in [2.45, 2.75) is 44.9 Å². The Morgan fingerprint density at radius 3 is 2.00 bits per heavy atom. The van der Waals surface area contributed by atoms with E-state index in [9.17, 15) is 14.4 Å². The molecule has 1 aromatic rings. The van der Waals surface area contributed by atoms with Crippen LogP contribution in [0.1, 0.15) is 55.3 Å². The Kier molecular flexibility index (Phi) is 5.64. The fourth-order valence-corrected chi connectivity index (χ4v) is 4.17. The zero-order valence-corrected chi connectivity index (χ0v) is 16.4. The second kappa shape index (κ2) is 8.33. The highest BCUT2D eigenvalue weighted by molar-refractivity contribution is 5.97. The number of hydrogen-bond acceptors (Lipinski definition) is 3. The third-order valence-electron chi connectivity index (χ3n) is 6.15. The molecule has 3 amide bonds. The molecule has 4 rings (SSSR count). The van der Waals surface area contributed by atoms with Crippen LogP contribution in [0, 0.1) is 11.8 Å². The number of likely N-dealkylation sites (tertiary alicyclic amines) is 2. The van der Waals surface area contributed by atoms with Crippen LogP contribution in [0.5, 0.6) is 0 Å². The minimum Gasteiger partial charge on any atom is -0.342 e. The van der Waals surface area contributed by atoms with Crippen LogP contribution in [-0.4, -0.2) is 53.7 Å². The fraction of sp³-hybridized carbons (Fsp3) is 0.591. The Morgan fingerprint density at radius 1 is 0.750 bits per heavy atom. The molecular weight excluding hydrogens is 354 g/mol. The van der Waals surface area contributed by atoms with Gasteiger partial charge >= 0.3 is 0 Å². The van der Waals surface area contributed by atoms with Gasteiger partial charge in [0.05, 0.1) is 0 Å². The number of anilines is 1. The standard InChI is InChI=1S/C22H29N3O3/c26-20(16-4-5-16)23-19-8-6-17(7-9-19)21(27)25-14-10-18(11-15-25)22(28)24-12-2-1-3-13-24/h6-9,16,18H,1-5,10-15H2,(H,23,26). The molecule has 2 heterocycles. The molecule has 28 heavy (non-hydrogen) atoms. The van der Waals surface area contributed by atoms with Gasteiger partial charge in [0.1, 0.15) is 0 Å². The predicted molar refractivity (Wildman–Crippen MR) is 107 cm³/mol. The average Bonchev–Trinajstić information content (AvgIpc) is 3.60. The number of benzene rings is 1. The van der Waals surface area contributed by atoms with Crippen LogP contribution < -0.4 is 5.32 Å². The van der Waals surface area contributed by atoms with Gasteiger partial charge in [-0.25, -0.2) is 0 Å². The van der Waals surface area contributed by atoms with Crippen LogP contribution in [-0.2, 0) is 9.59 Å². The van der Waals surface area contributed by atoms with Crippen molar-refractivity contribution in [1.82, 2.24) is 9.80 Å². The van der Waals surface area contributed by atoms with Gasteiger partial charge in [0.15, 0.2) is 0 Å². The lowest BCUT2D eigenvalue weighted by molar-refractivity contribution is -0.137. The van der Waals surface area contributed by atoms with Gasteiger partial charge in [0.25, 0.3) is 5.91 Å². The first kappa shape index (κ1) is 19.0. The highest BCUT2D eigenvalue weighted by atomic mass is 16.2. The Labute approximate surface area is 166 Å². The zero-order chi connectivity index (χ0) is 19.5. The van der Waals surface area contributed by atoms with Gasteiger partial charge < -0.3 is 15.1 Å². The van der Waals surface area contributed by atoms with Gasteiger partial charge in [-0.15, -0.1) is 0 Å². The largest absolute Gasteiger partial charge is 0.342 e. The van der Waals surface area contributed by atoms with Crippen molar-refractivity contribution in [2.75, 3.05) is 31.5 Å². The smallest absolute Gasteiger partial charge is 0.253 e. The summed E-state index contributed by atoms with van der Waals surface area (Å²) >= 11 is 0. The number of carbonyl (C=O) groups excluding carboxylic acids is 3. The number of hydrogen-bond donors (Lipinski definition) is 1. The summed E-state index contributed by atoms with van der Waals surface area (Å²) in [5.41, 5.74) is 1.37. The SMILES string of the molecule is O=C(Nc1ccc(C(=O)N2CCC(C(=O)N3CCCCC3)CC2)cc1)C1CC1. The monoisotopic (exact) mass is 383 g/mol. The van der Waals surface area contributed by atoms with Crippen LogP contribution >= 0.6 is 0 Å². The van der Waals surface area contributed by atoms with E-state index in [1.165, 1.54) is 6.42 Å². The predicted octanol–water partition coefficient (Wildman–Crippen LogP) is 2.90. The van der Waals surface area contributed by atoms with Gasteiger partial charge in [0, 0.05) is 49.3 Å². The van der Waals surface area contributed by atoms with Crippen molar-refractivity contribution in [2.24, 2.45) is 11.8 Å². The minimum absolute atomic E-state index is 0.00365. The molecule has 1 aromatic carbocycles. The Balaban J connectivity index is 1.28. The second-order valence-electron chi connectivity index (χ2n) is 8.29. The van der Waals surface area contributed by atoms with E-state index in [4.69, 9.17) is 0 Å². The third kappa shape index (κ3) is 4.37. The molecule has 1 saturated carbocycles. The maximum Gasteiger partial charge on any atom is 0.253 e. The number of carbonyl (C=O) groups is 3. The summed E-state index contributed by atoms with van der Waals surface area (Å²) in [6.45, 7) is 3.04. The molecule has 0 spiro atoms. The number of piperidine rings is 2. The van der Waals surface area contributed by atoms with Crippen molar-refractivity contribution < 1.29 is 14.4 Å². The summed E-state index contributed by atoms with van der Waals surface area (Å²) in [5.74, 6) is 0.573. The van der Waals surface area contributed by atoms with E-state index in [0.717, 1.165) is 57.3 Å². The van der Waals surface area contributed by atoms with Crippen molar-refractivity contribution in [3.8, 4) is 0 Å². The quantitative estimate of drug-likeness (QED) is 0.869.